The summed E-state index contributed by atoms with van der Waals surface area (Å²) < 4.78 is 5.00. The predicted molar refractivity (Wildman–Crippen MR) is 67.0 cm³/mol. The van der Waals surface area contributed by atoms with E-state index in [9.17, 15) is 0 Å². The zero-order chi connectivity index (χ0) is 11.1. The number of nitrogens with zero attached hydrogens (tertiary/aromatic N) is 1. The number of ether oxygens (including phenoxy) is 1. The van der Waals surface area contributed by atoms with Crippen LogP contribution in [0.25, 0.3) is 0 Å². The Hall–Kier alpha value is -0.0900. The van der Waals surface area contributed by atoms with E-state index in [-0.39, 0.29) is 5.38 Å². The van der Waals surface area contributed by atoms with Gasteiger partial charge in [0.25, 0.3) is 0 Å². The van der Waals surface area contributed by atoms with Crippen molar-refractivity contribution in [1.82, 2.24) is 4.90 Å². The molecule has 1 unspecified atom stereocenters. The lowest BCUT2D eigenvalue weighted by Crippen LogP contribution is -2.30. The first-order valence-electron chi connectivity index (χ1n) is 5.05. The predicted octanol–water partition coefficient (Wildman–Crippen LogP) is 2.48. The Balaban J connectivity index is 2.15. The minimum absolute atomic E-state index is 0.0856. The lowest BCUT2D eigenvalue weighted by atomic mass is 10.2. The molecule has 0 aliphatic rings. The molecule has 0 fully saturated rings. The normalized spacial score (nSPS) is 13.3. The SMILES string of the molecule is COCC(Cl)CN(C)CCc1ccsc1. The van der Waals surface area contributed by atoms with Gasteiger partial charge in [0.1, 0.15) is 0 Å². The Labute approximate surface area is 101 Å². The quantitative estimate of drug-likeness (QED) is 0.687. The Morgan fingerprint density at radius 2 is 2.40 bits per heavy atom. The highest BCUT2D eigenvalue weighted by atomic mass is 35.5. The molecule has 1 atom stereocenters. The van der Waals surface area contributed by atoms with Gasteiger partial charge < -0.3 is 9.64 Å². The number of methoxy groups -OCH3 is 1. The maximum atomic E-state index is 6.07. The largest absolute Gasteiger partial charge is 0.383 e. The van der Waals surface area contributed by atoms with Crippen LogP contribution in [-0.2, 0) is 11.2 Å². The molecule has 0 spiro atoms. The van der Waals surface area contributed by atoms with Crippen molar-refractivity contribution in [1.29, 1.82) is 0 Å². The van der Waals surface area contributed by atoms with Gasteiger partial charge in [-0.15, -0.1) is 11.6 Å². The van der Waals surface area contributed by atoms with Crippen molar-refractivity contribution in [2.45, 2.75) is 11.8 Å². The van der Waals surface area contributed by atoms with Gasteiger partial charge in [-0.1, -0.05) is 0 Å². The monoisotopic (exact) mass is 247 g/mol. The molecule has 0 aromatic carbocycles. The molecule has 0 saturated carbocycles. The Kier molecular flexibility index (Phi) is 6.25. The second kappa shape index (κ2) is 7.23. The molecule has 0 saturated heterocycles. The molecule has 0 amide bonds. The number of hydrogen-bond donors (Lipinski definition) is 0. The van der Waals surface area contributed by atoms with Crippen LogP contribution in [0.15, 0.2) is 16.8 Å². The third-order valence-corrected chi connectivity index (χ3v) is 3.22. The summed E-state index contributed by atoms with van der Waals surface area (Å²) >= 11 is 7.82. The van der Waals surface area contributed by atoms with Crippen LogP contribution >= 0.6 is 22.9 Å². The fraction of sp³-hybridized carbons (Fsp3) is 0.636. The molecule has 0 N–H and O–H groups in total. The number of thiophene rings is 1. The second-order valence-electron chi connectivity index (χ2n) is 3.70. The van der Waals surface area contributed by atoms with Gasteiger partial charge in [-0.2, -0.15) is 11.3 Å². The Bertz CT molecular complexity index is 253. The highest BCUT2D eigenvalue weighted by Gasteiger charge is 2.07. The standard InChI is InChI=1S/C11H18ClNOS/c1-13(7-11(12)8-14-2)5-3-10-4-6-15-9-10/h4,6,9,11H,3,5,7-8H2,1-2H3. The van der Waals surface area contributed by atoms with Crippen molar-refractivity contribution < 1.29 is 4.74 Å². The van der Waals surface area contributed by atoms with E-state index >= 15 is 0 Å². The van der Waals surface area contributed by atoms with Gasteiger partial charge in [-0.05, 0) is 35.9 Å². The van der Waals surface area contributed by atoms with Crippen LogP contribution in [0.4, 0.5) is 0 Å². The van der Waals surface area contributed by atoms with Crippen LogP contribution in [0, 0.1) is 0 Å². The van der Waals surface area contributed by atoms with Crippen molar-refractivity contribution in [3.63, 3.8) is 0 Å². The molecule has 15 heavy (non-hydrogen) atoms. The van der Waals surface area contributed by atoms with E-state index in [1.54, 1.807) is 18.4 Å². The average molecular weight is 248 g/mol. The van der Waals surface area contributed by atoms with Crippen molar-refractivity contribution in [2.24, 2.45) is 0 Å². The highest BCUT2D eigenvalue weighted by molar-refractivity contribution is 7.07. The maximum absolute atomic E-state index is 6.07. The number of rotatable bonds is 7. The summed E-state index contributed by atoms with van der Waals surface area (Å²) in [5, 5.41) is 4.40. The molecule has 4 heteroatoms. The molecule has 2 nitrogen and oxygen atoms in total. The van der Waals surface area contributed by atoms with Crippen molar-refractivity contribution >= 4 is 22.9 Å². The summed E-state index contributed by atoms with van der Waals surface area (Å²) in [4.78, 5) is 2.24. The van der Waals surface area contributed by atoms with Crippen molar-refractivity contribution in [3.8, 4) is 0 Å². The molecular formula is C11H18ClNOS. The smallest absolute Gasteiger partial charge is 0.0696 e. The number of hydrogen-bond acceptors (Lipinski definition) is 3. The van der Waals surface area contributed by atoms with Crippen LogP contribution in [0.1, 0.15) is 5.56 Å². The zero-order valence-corrected chi connectivity index (χ0v) is 10.9. The van der Waals surface area contributed by atoms with Gasteiger partial charge in [-0.3, -0.25) is 0 Å². The van der Waals surface area contributed by atoms with Crippen molar-refractivity contribution in [3.05, 3.63) is 22.4 Å². The van der Waals surface area contributed by atoms with E-state index in [0.717, 1.165) is 19.5 Å². The highest BCUT2D eigenvalue weighted by Crippen LogP contribution is 2.07. The lowest BCUT2D eigenvalue weighted by molar-refractivity contribution is 0.183. The van der Waals surface area contributed by atoms with Crippen LogP contribution in [-0.4, -0.2) is 44.1 Å². The Morgan fingerprint density at radius 3 is 3.00 bits per heavy atom. The molecular weight excluding hydrogens is 230 g/mol. The summed E-state index contributed by atoms with van der Waals surface area (Å²) in [6.07, 6.45) is 1.09. The number of alkyl halides is 1. The summed E-state index contributed by atoms with van der Waals surface area (Å²) in [5.41, 5.74) is 1.41. The summed E-state index contributed by atoms with van der Waals surface area (Å²) in [7, 11) is 3.78. The van der Waals surface area contributed by atoms with Crippen LogP contribution in [0.2, 0.25) is 0 Å². The molecule has 0 aliphatic heterocycles. The van der Waals surface area contributed by atoms with E-state index in [0.29, 0.717) is 6.61 Å². The maximum Gasteiger partial charge on any atom is 0.0696 e. The minimum Gasteiger partial charge on any atom is -0.383 e. The Morgan fingerprint density at radius 1 is 1.60 bits per heavy atom. The minimum atomic E-state index is 0.0856. The third-order valence-electron chi connectivity index (χ3n) is 2.22. The second-order valence-corrected chi connectivity index (χ2v) is 5.09. The van der Waals surface area contributed by atoms with Gasteiger partial charge in [0.05, 0.1) is 12.0 Å². The average Bonchev–Trinajstić information content (AvgIpc) is 2.67. The molecule has 1 heterocycles. The number of halogens is 1. The van der Waals surface area contributed by atoms with Crippen LogP contribution in [0.5, 0.6) is 0 Å². The van der Waals surface area contributed by atoms with E-state index in [2.05, 4.69) is 28.8 Å². The van der Waals surface area contributed by atoms with Gasteiger partial charge in [0, 0.05) is 20.2 Å². The van der Waals surface area contributed by atoms with Gasteiger partial charge in [-0.25, -0.2) is 0 Å². The first-order chi connectivity index (χ1) is 7.22. The number of likely N-dealkylation sites (N-methyl/N-ethyl adjacent to an activating group) is 1. The van der Waals surface area contributed by atoms with E-state index < -0.39 is 0 Å². The fourth-order valence-electron chi connectivity index (χ4n) is 1.42. The van der Waals surface area contributed by atoms with E-state index in [4.69, 9.17) is 16.3 Å². The molecule has 1 aromatic heterocycles. The molecule has 0 radical (unpaired) electrons. The van der Waals surface area contributed by atoms with Crippen LogP contribution < -0.4 is 0 Å². The van der Waals surface area contributed by atoms with E-state index in [1.807, 2.05) is 0 Å². The summed E-state index contributed by atoms with van der Waals surface area (Å²) in [6, 6.07) is 2.17. The van der Waals surface area contributed by atoms with Gasteiger partial charge in [0.2, 0.25) is 0 Å². The third kappa shape index (κ3) is 5.52. The van der Waals surface area contributed by atoms with Gasteiger partial charge >= 0.3 is 0 Å². The molecule has 1 rings (SSSR count). The molecule has 86 valence electrons. The molecule has 1 aromatic rings. The molecule has 0 bridgehead atoms. The lowest BCUT2D eigenvalue weighted by Gasteiger charge is -2.19. The van der Waals surface area contributed by atoms with Crippen molar-refractivity contribution in [2.75, 3.05) is 33.9 Å². The van der Waals surface area contributed by atoms with Gasteiger partial charge in [0.15, 0.2) is 0 Å². The topological polar surface area (TPSA) is 12.5 Å². The summed E-state index contributed by atoms with van der Waals surface area (Å²) in [6.45, 7) is 2.54. The molecule has 0 aliphatic carbocycles. The zero-order valence-electron chi connectivity index (χ0n) is 9.28. The first kappa shape index (κ1) is 13.0. The first-order valence-corrected chi connectivity index (χ1v) is 6.43. The summed E-state index contributed by atoms with van der Waals surface area (Å²) in [5.74, 6) is 0. The van der Waals surface area contributed by atoms with E-state index in [1.165, 1.54) is 5.56 Å². The van der Waals surface area contributed by atoms with Crippen LogP contribution in [0.3, 0.4) is 0 Å². The fourth-order valence-corrected chi connectivity index (χ4v) is 2.48.